The van der Waals surface area contributed by atoms with Crippen molar-refractivity contribution < 1.29 is 14.3 Å². The normalized spacial score (nSPS) is 25.5. The second-order valence-corrected chi connectivity index (χ2v) is 2.95. The number of carbonyl (C=O) groups excluding carboxylic acids is 2. The molecule has 1 saturated heterocycles. The van der Waals surface area contributed by atoms with Gasteiger partial charge in [-0.15, -0.1) is 0 Å². The molecule has 1 heterocycles. The van der Waals surface area contributed by atoms with Gasteiger partial charge < -0.3 is 4.74 Å². The predicted octanol–water partition coefficient (Wildman–Crippen LogP) is -0.974. The molecule has 0 aliphatic carbocycles. The molecule has 5 nitrogen and oxygen atoms in total. The number of nitrogens with one attached hydrogen (secondary N) is 2. The summed E-state index contributed by atoms with van der Waals surface area (Å²) in [5.74, 6) is -0.586. The van der Waals surface area contributed by atoms with Gasteiger partial charge >= 0.3 is 0 Å². The zero-order chi connectivity index (χ0) is 9.84. The molecule has 1 aliphatic rings. The van der Waals surface area contributed by atoms with Crippen LogP contribution in [-0.4, -0.2) is 37.6 Å². The van der Waals surface area contributed by atoms with Crippen LogP contribution >= 0.6 is 0 Å². The van der Waals surface area contributed by atoms with Gasteiger partial charge in [0.1, 0.15) is 6.04 Å². The van der Waals surface area contributed by atoms with Crippen LogP contribution in [0.3, 0.4) is 0 Å². The average molecular weight is 186 g/mol. The summed E-state index contributed by atoms with van der Waals surface area (Å²) in [6.45, 7) is 2.11. The third kappa shape index (κ3) is 2.26. The number of carbonyl (C=O) groups is 2. The van der Waals surface area contributed by atoms with E-state index in [4.69, 9.17) is 4.74 Å². The van der Waals surface area contributed by atoms with Crippen LogP contribution in [0.15, 0.2) is 0 Å². The van der Waals surface area contributed by atoms with E-state index in [1.54, 1.807) is 7.11 Å². The Bertz CT molecular complexity index is 213. The van der Waals surface area contributed by atoms with E-state index in [-0.39, 0.29) is 24.5 Å². The largest absolute Gasteiger partial charge is 0.379 e. The fourth-order valence-electron chi connectivity index (χ4n) is 1.39. The van der Waals surface area contributed by atoms with Gasteiger partial charge in [0.15, 0.2) is 0 Å². The van der Waals surface area contributed by atoms with E-state index in [1.807, 2.05) is 6.92 Å². The number of rotatable bonds is 3. The summed E-state index contributed by atoms with van der Waals surface area (Å²) in [5, 5.41) is 5.09. The molecule has 74 valence electrons. The summed E-state index contributed by atoms with van der Waals surface area (Å²) >= 11 is 0. The number of amides is 2. The minimum Gasteiger partial charge on any atom is -0.379 e. The van der Waals surface area contributed by atoms with Crippen LogP contribution in [0.25, 0.3) is 0 Å². The first-order valence-electron chi connectivity index (χ1n) is 4.29. The van der Waals surface area contributed by atoms with Crippen molar-refractivity contribution in [3.63, 3.8) is 0 Å². The molecule has 1 aliphatic heterocycles. The Kier molecular flexibility index (Phi) is 3.39. The number of hydrogen-bond acceptors (Lipinski definition) is 4. The van der Waals surface area contributed by atoms with Crippen molar-refractivity contribution in [2.24, 2.45) is 0 Å². The van der Waals surface area contributed by atoms with Gasteiger partial charge in [-0.1, -0.05) is 6.92 Å². The van der Waals surface area contributed by atoms with Gasteiger partial charge in [0.25, 0.3) is 0 Å². The van der Waals surface area contributed by atoms with Gasteiger partial charge in [-0.05, 0) is 6.42 Å². The van der Waals surface area contributed by atoms with Gasteiger partial charge in [0.05, 0.1) is 12.6 Å². The molecule has 2 atom stereocenters. The molecular weight excluding hydrogens is 172 g/mol. The summed E-state index contributed by atoms with van der Waals surface area (Å²) in [5.41, 5.74) is 0. The first-order valence-corrected chi connectivity index (χ1v) is 4.29. The molecule has 1 rings (SSSR count). The van der Waals surface area contributed by atoms with E-state index >= 15 is 0 Å². The third-order valence-electron chi connectivity index (χ3n) is 2.10. The van der Waals surface area contributed by atoms with E-state index in [1.165, 1.54) is 0 Å². The highest BCUT2D eigenvalue weighted by Crippen LogP contribution is 2.05. The average Bonchev–Trinajstić information content (AvgIpc) is 2.10. The minimum atomic E-state index is -0.410. The van der Waals surface area contributed by atoms with E-state index in [0.29, 0.717) is 0 Å². The highest BCUT2D eigenvalue weighted by Gasteiger charge is 2.31. The van der Waals surface area contributed by atoms with Crippen LogP contribution in [0.4, 0.5) is 0 Å². The van der Waals surface area contributed by atoms with Crippen molar-refractivity contribution >= 4 is 11.8 Å². The smallest absolute Gasteiger partial charge is 0.246 e. The van der Waals surface area contributed by atoms with Crippen molar-refractivity contribution in [2.75, 3.05) is 13.7 Å². The molecule has 0 radical (unpaired) electrons. The molecule has 1 fully saturated rings. The highest BCUT2D eigenvalue weighted by atomic mass is 16.5. The molecule has 2 unspecified atom stereocenters. The Morgan fingerprint density at radius 3 is 2.77 bits per heavy atom. The monoisotopic (exact) mass is 186 g/mol. The lowest BCUT2D eigenvalue weighted by Crippen LogP contribution is -2.60. The van der Waals surface area contributed by atoms with Crippen LogP contribution in [-0.2, 0) is 14.3 Å². The first kappa shape index (κ1) is 10.1. The molecule has 0 spiro atoms. The van der Waals surface area contributed by atoms with Crippen LogP contribution in [0.2, 0.25) is 0 Å². The summed E-state index contributed by atoms with van der Waals surface area (Å²) in [6, 6.07) is -0.410. The maximum Gasteiger partial charge on any atom is 0.246 e. The van der Waals surface area contributed by atoms with Gasteiger partial charge in [-0.25, -0.2) is 0 Å². The SMILES string of the molecule is CCC(OC)C1NCC(=O)NC1=O. The van der Waals surface area contributed by atoms with Crippen molar-refractivity contribution in [3.05, 3.63) is 0 Å². The van der Waals surface area contributed by atoms with Crippen LogP contribution in [0.1, 0.15) is 13.3 Å². The van der Waals surface area contributed by atoms with Gasteiger partial charge in [0, 0.05) is 7.11 Å². The number of imide groups is 1. The molecule has 2 N–H and O–H groups in total. The molecule has 0 aromatic rings. The maximum absolute atomic E-state index is 11.3. The molecule has 0 bridgehead atoms. The molecule has 0 aromatic heterocycles. The Morgan fingerprint density at radius 2 is 2.31 bits per heavy atom. The third-order valence-corrected chi connectivity index (χ3v) is 2.10. The zero-order valence-corrected chi connectivity index (χ0v) is 7.79. The topological polar surface area (TPSA) is 67.4 Å². The van der Waals surface area contributed by atoms with Crippen LogP contribution in [0, 0.1) is 0 Å². The summed E-state index contributed by atoms with van der Waals surface area (Å²) in [4.78, 5) is 22.1. The molecule has 5 heteroatoms. The number of ether oxygens (including phenoxy) is 1. The Balaban J connectivity index is 2.59. The molecule has 2 amide bonds. The second-order valence-electron chi connectivity index (χ2n) is 2.95. The Labute approximate surface area is 76.8 Å². The maximum atomic E-state index is 11.3. The zero-order valence-electron chi connectivity index (χ0n) is 7.79. The van der Waals surface area contributed by atoms with Gasteiger partial charge in [-0.2, -0.15) is 0 Å². The lowest BCUT2D eigenvalue weighted by molar-refractivity contribution is -0.137. The fourth-order valence-corrected chi connectivity index (χ4v) is 1.39. The number of hydrogen-bond donors (Lipinski definition) is 2. The first-order chi connectivity index (χ1) is 6.19. The predicted molar refractivity (Wildman–Crippen MR) is 46.0 cm³/mol. The van der Waals surface area contributed by atoms with Crippen molar-refractivity contribution in [2.45, 2.75) is 25.5 Å². The number of piperazine rings is 1. The second kappa shape index (κ2) is 4.34. The van der Waals surface area contributed by atoms with Gasteiger partial charge in [0.2, 0.25) is 11.8 Å². The Morgan fingerprint density at radius 1 is 1.62 bits per heavy atom. The van der Waals surface area contributed by atoms with Crippen LogP contribution in [0.5, 0.6) is 0 Å². The van der Waals surface area contributed by atoms with Crippen molar-refractivity contribution in [1.82, 2.24) is 10.6 Å². The van der Waals surface area contributed by atoms with E-state index in [9.17, 15) is 9.59 Å². The summed E-state index contributed by atoms with van der Waals surface area (Å²) in [7, 11) is 1.56. The van der Waals surface area contributed by atoms with Gasteiger partial charge in [-0.3, -0.25) is 20.2 Å². The molecular formula is C8H14N2O3. The van der Waals surface area contributed by atoms with E-state index in [0.717, 1.165) is 6.42 Å². The lowest BCUT2D eigenvalue weighted by Gasteiger charge is -2.28. The fraction of sp³-hybridized carbons (Fsp3) is 0.750. The van der Waals surface area contributed by atoms with E-state index in [2.05, 4.69) is 10.6 Å². The highest BCUT2D eigenvalue weighted by molar-refractivity contribution is 6.01. The van der Waals surface area contributed by atoms with Crippen molar-refractivity contribution in [3.8, 4) is 0 Å². The summed E-state index contributed by atoms with van der Waals surface area (Å²) < 4.78 is 5.11. The van der Waals surface area contributed by atoms with Crippen LogP contribution < -0.4 is 10.6 Å². The lowest BCUT2D eigenvalue weighted by atomic mass is 10.1. The number of methoxy groups -OCH3 is 1. The Hall–Kier alpha value is -0.940. The minimum absolute atomic E-state index is 0.173. The summed E-state index contributed by atoms with van der Waals surface area (Å²) in [6.07, 6.45) is 0.559. The standard InChI is InChI=1S/C8H14N2O3/c1-3-5(13-2)7-8(12)10-6(11)4-9-7/h5,7,9H,3-4H2,1-2H3,(H,10,11,12). The molecule has 0 aromatic carbocycles. The molecule has 13 heavy (non-hydrogen) atoms. The molecule has 0 saturated carbocycles. The quantitative estimate of drug-likeness (QED) is 0.556. The van der Waals surface area contributed by atoms with Crippen molar-refractivity contribution in [1.29, 1.82) is 0 Å². The van der Waals surface area contributed by atoms with E-state index < -0.39 is 6.04 Å².